The Morgan fingerprint density at radius 1 is 0.250 bits per heavy atom. The molecule has 0 atom stereocenters. The van der Waals surface area contributed by atoms with Gasteiger partial charge in [-0.05, 0) is 0 Å². The van der Waals surface area contributed by atoms with Gasteiger partial charge >= 0.3 is 42.8 Å². The molecule has 0 heterocycles. The van der Waals surface area contributed by atoms with Gasteiger partial charge in [0.2, 0.25) is 0 Å². The van der Waals surface area contributed by atoms with E-state index >= 15 is 0 Å². The van der Waals surface area contributed by atoms with E-state index in [1.54, 1.807) is 0 Å². The van der Waals surface area contributed by atoms with Crippen LogP contribution in [0, 0.1) is 0 Å². The molecular weight excluding hydrogens is 498 g/mol. The van der Waals surface area contributed by atoms with Crippen molar-refractivity contribution in [3.05, 3.63) is 0 Å². The molecule has 12 heteroatoms. The molecule has 0 aliphatic rings. The summed E-state index contributed by atoms with van der Waals surface area (Å²) < 4.78 is 0. The first-order valence-electron chi connectivity index (χ1n) is 0. The van der Waals surface area contributed by atoms with Gasteiger partial charge in [0.1, 0.15) is 0 Å². The molecule has 0 aromatic carbocycles. The van der Waals surface area contributed by atoms with Crippen molar-refractivity contribution in [2.45, 2.75) is 0 Å². The van der Waals surface area contributed by atoms with Crippen LogP contribution in [0.2, 0.25) is 0 Å². The molecular formula is Cl10MoTi. The topological polar surface area (TPSA) is 0 Å². The predicted molar refractivity (Wildman–Crippen MR) is 0 cm³/mol. The fraction of sp³-hybridized carbons (Fsp3) is 0. The number of hydrogen-bond acceptors (Lipinski definition) is 0. The second kappa shape index (κ2) is 169. The second-order valence-electron chi connectivity index (χ2n) is 0. The Kier molecular flexibility index (Phi) is 2910. The molecule has 0 nitrogen and oxygen atoms in total. The molecule has 0 amide bonds. The molecule has 0 aliphatic heterocycles. The Bertz CT molecular complexity index is 9.80. The average molecular weight is 498 g/mol. The summed E-state index contributed by atoms with van der Waals surface area (Å²) in [7, 11) is 0. The van der Waals surface area contributed by atoms with E-state index in [1.165, 1.54) is 0 Å². The molecule has 0 radical (unpaired) electrons. The van der Waals surface area contributed by atoms with Gasteiger partial charge in [-0.1, -0.05) is 0 Å². The van der Waals surface area contributed by atoms with Gasteiger partial charge in [-0.2, -0.15) is 0 Å². The molecule has 0 aromatic rings. The van der Waals surface area contributed by atoms with Crippen LogP contribution in [0.1, 0.15) is 0 Å². The summed E-state index contributed by atoms with van der Waals surface area (Å²) in [5.74, 6) is 0. The van der Waals surface area contributed by atoms with Crippen molar-refractivity contribution in [2.75, 3.05) is 0 Å². The van der Waals surface area contributed by atoms with Crippen molar-refractivity contribution in [1.29, 1.82) is 0 Å². The quantitative estimate of drug-likeness (QED) is 0.292. The van der Waals surface area contributed by atoms with Crippen LogP contribution < -0.4 is 124 Å². The fourth-order valence-corrected chi connectivity index (χ4v) is 0. The predicted octanol–water partition coefficient (Wildman–Crippen LogP) is -30.0. The Hall–Kier alpha value is 4.30. The maximum Gasteiger partial charge on any atom is 6.00 e. The number of halogens is 10. The Balaban J connectivity index is 0. The standard InChI is InChI=1S/10ClH.Mo.Ti/h10*1H;;/q;;;;;;;;;;+6;+4/p-10. The van der Waals surface area contributed by atoms with Crippen LogP contribution >= 0.6 is 0 Å². The maximum atomic E-state index is 0. The summed E-state index contributed by atoms with van der Waals surface area (Å²) >= 11 is 0. The van der Waals surface area contributed by atoms with Crippen LogP contribution in [0.5, 0.6) is 0 Å². The zero-order valence-electron chi connectivity index (χ0n) is 4.69. The van der Waals surface area contributed by atoms with Gasteiger partial charge in [0, 0.05) is 0 Å². The molecule has 0 bridgehead atoms. The van der Waals surface area contributed by atoms with Crippen LogP contribution in [-0.4, -0.2) is 0 Å². The van der Waals surface area contributed by atoms with E-state index in [9.17, 15) is 0 Å². The SMILES string of the molecule is [Cl-].[Cl-].[Cl-].[Cl-].[Cl-].[Cl-].[Cl-].[Cl-].[Cl-].[Cl-].[Mo+6].[Ti+4]. The van der Waals surface area contributed by atoms with Crippen LogP contribution in [-0.2, 0) is 42.8 Å². The van der Waals surface area contributed by atoms with Gasteiger partial charge in [-0.15, -0.1) is 0 Å². The van der Waals surface area contributed by atoms with E-state index in [0.29, 0.717) is 0 Å². The molecule has 0 spiro atoms. The first kappa shape index (κ1) is 206. The summed E-state index contributed by atoms with van der Waals surface area (Å²) in [6.45, 7) is 0. The minimum atomic E-state index is 0. The molecule has 0 unspecified atom stereocenters. The van der Waals surface area contributed by atoms with Crippen LogP contribution in [0.25, 0.3) is 0 Å². The molecule has 0 fully saturated rings. The number of hydrogen-bond donors (Lipinski definition) is 0. The second-order valence-corrected chi connectivity index (χ2v) is 0. The van der Waals surface area contributed by atoms with Crippen LogP contribution in [0.3, 0.4) is 0 Å². The third-order valence-electron chi connectivity index (χ3n) is 0. The smallest absolute Gasteiger partial charge is 1.00 e. The monoisotopic (exact) mass is 496 g/mol. The molecule has 0 saturated heterocycles. The average Bonchev–Trinajstić information content (AvgIpc) is 0. The van der Waals surface area contributed by atoms with Gasteiger partial charge in [0.05, 0.1) is 0 Å². The zero-order chi connectivity index (χ0) is 0. The molecule has 0 N–H and O–H groups in total. The van der Waals surface area contributed by atoms with Crippen LogP contribution in [0.4, 0.5) is 0 Å². The van der Waals surface area contributed by atoms with Crippen molar-refractivity contribution in [1.82, 2.24) is 0 Å². The van der Waals surface area contributed by atoms with Crippen molar-refractivity contribution in [3.63, 3.8) is 0 Å². The van der Waals surface area contributed by atoms with Gasteiger partial charge in [0.15, 0.2) is 0 Å². The number of rotatable bonds is 0. The van der Waals surface area contributed by atoms with E-state index in [-0.39, 0.29) is 167 Å². The first-order valence-corrected chi connectivity index (χ1v) is 0. The van der Waals surface area contributed by atoms with E-state index in [1.807, 2.05) is 0 Å². The zero-order valence-corrected chi connectivity index (χ0v) is 15.8. The summed E-state index contributed by atoms with van der Waals surface area (Å²) in [5, 5.41) is 0. The van der Waals surface area contributed by atoms with E-state index in [2.05, 4.69) is 0 Å². The van der Waals surface area contributed by atoms with Gasteiger partial charge in [-0.25, -0.2) is 0 Å². The Labute approximate surface area is 164 Å². The molecule has 80 valence electrons. The summed E-state index contributed by atoms with van der Waals surface area (Å²) in [4.78, 5) is 0. The van der Waals surface area contributed by atoms with Crippen molar-refractivity contribution in [3.8, 4) is 0 Å². The Morgan fingerprint density at radius 3 is 0.250 bits per heavy atom. The normalized spacial score (nSPS) is 0. The summed E-state index contributed by atoms with van der Waals surface area (Å²) in [6, 6.07) is 0. The summed E-state index contributed by atoms with van der Waals surface area (Å²) in [5.41, 5.74) is 0. The largest absolute Gasteiger partial charge is 6.00 e. The van der Waals surface area contributed by atoms with E-state index in [0.717, 1.165) is 0 Å². The van der Waals surface area contributed by atoms with Gasteiger partial charge in [0.25, 0.3) is 0 Å². The molecule has 0 aromatic heterocycles. The van der Waals surface area contributed by atoms with Crippen molar-refractivity contribution < 1.29 is 167 Å². The van der Waals surface area contributed by atoms with E-state index in [4.69, 9.17) is 0 Å². The van der Waals surface area contributed by atoms with E-state index < -0.39 is 0 Å². The minimum absolute atomic E-state index is 0. The third-order valence-corrected chi connectivity index (χ3v) is 0. The molecule has 12 heavy (non-hydrogen) atoms. The Morgan fingerprint density at radius 2 is 0.250 bits per heavy atom. The van der Waals surface area contributed by atoms with Crippen LogP contribution in [0.15, 0.2) is 0 Å². The van der Waals surface area contributed by atoms with Gasteiger partial charge < -0.3 is 124 Å². The minimum Gasteiger partial charge on any atom is -1.00 e. The molecule has 0 aliphatic carbocycles. The summed E-state index contributed by atoms with van der Waals surface area (Å²) in [6.07, 6.45) is 0. The van der Waals surface area contributed by atoms with Crippen molar-refractivity contribution >= 4 is 0 Å². The molecule has 0 saturated carbocycles. The third kappa shape index (κ3) is 137. The molecule has 0 rings (SSSR count). The first-order chi connectivity index (χ1) is 0. The van der Waals surface area contributed by atoms with Gasteiger partial charge in [-0.3, -0.25) is 0 Å². The fourth-order valence-electron chi connectivity index (χ4n) is 0. The van der Waals surface area contributed by atoms with Crippen molar-refractivity contribution in [2.24, 2.45) is 0 Å². The maximum absolute atomic E-state index is 0.